The van der Waals surface area contributed by atoms with Crippen molar-refractivity contribution in [2.45, 2.75) is 77.6 Å². The summed E-state index contributed by atoms with van der Waals surface area (Å²) in [6.45, 7) is 13.1. The van der Waals surface area contributed by atoms with E-state index >= 15 is 0 Å². The predicted molar refractivity (Wildman–Crippen MR) is 141 cm³/mol. The van der Waals surface area contributed by atoms with E-state index in [-0.39, 0.29) is 24.4 Å². The molecule has 2 heterocycles. The van der Waals surface area contributed by atoms with Crippen LogP contribution >= 0.6 is 0 Å². The number of hydrogen-bond donors (Lipinski definition) is 0. The van der Waals surface area contributed by atoms with Gasteiger partial charge in [0.05, 0.1) is 22.7 Å². The van der Waals surface area contributed by atoms with Gasteiger partial charge >= 0.3 is 13.2 Å². The van der Waals surface area contributed by atoms with Gasteiger partial charge in [-0.05, 0) is 64.6 Å². The minimum Gasteiger partial charge on any atom is -0.438 e. The summed E-state index contributed by atoms with van der Waals surface area (Å²) >= 11 is 0. The van der Waals surface area contributed by atoms with Crippen molar-refractivity contribution in [3.63, 3.8) is 0 Å². The molecular formula is C29H37BN2O4. The van der Waals surface area contributed by atoms with E-state index in [1.54, 1.807) is 4.90 Å². The minimum absolute atomic E-state index is 0.326. The van der Waals surface area contributed by atoms with E-state index in [1.807, 2.05) is 84.0 Å². The first-order chi connectivity index (χ1) is 16.9. The fourth-order valence-electron chi connectivity index (χ4n) is 4.90. The van der Waals surface area contributed by atoms with Gasteiger partial charge < -0.3 is 18.9 Å². The number of carbonyl (C=O) groups is 1. The van der Waals surface area contributed by atoms with Gasteiger partial charge in [0.15, 0.2) is 0 Å². The Morgan fingerprint density at radius 2 is 1.61 bits per heavy atom. The van der Waals surface area contributed by atoms with Crippen LogP contribution in [0.5, 0.6) is 0 Å². The van der Waals surface area contributed by atoms with E-state index in [9.17, 15) is 10.1 Å². The molecule has 2 aliphatic rings. The maximum absolute atomic E-state index is 13.1. The summed E-state index contributed by atoms with van der Waals surface area (Å²) in [6.07, 6.45) is 1.50. The molecule has 0 bridgehead atoms. The smallest absolute Gasteiger partial charge is 0.438 e. The number of nitriles is 1. The third kappa shape index (κ3) is 5.30. The molecular weight excluding hydrogens is 451 g/mol. The average molecular weight is 488 g/mol. The Labute approximate surface area is 215 Å². The van der Waals surface area contributed by atoms with Gasteiger partial charge in [-0.1, -0.05) is 54.6 Å². The summed E-state index contributed by atoms with van der Waals surface area (Å²) in [5.41, 5.74) is 0.913. The minimum atomic E-state index is -0.793. The highest BCUT2D eigenvalue weighted by molar-refractivity contribution is 6.62. The van der Waals surface area contributed by atoms with Crippen molar-refractivity contribution in [1.82, 2.24) is 4.90 Å². The summed E-state index contributed by atoms with van der Waals surface area (Å²) in [6, 6.07) is 20.4. The zero-order chi connectivity index (χ0) is 26.2. The van der Waals surface area contributed by atoms with Crippen LogP contribution in [0.25, 0.3) is 0 Å². The first-order valence-electron chi connectivity index (χ1n) is 12.8. The van der Waals surface area contributed by atoms with Crippen LogP contribution < -0.4 is 5.46 Å². The Morgan fingerprint density at radius 1 is 1.00 bits per heavy atom. The van der Waals surface area contributed by atoms with Crippen LogP contribution in [0.2, 0.25) is 0 Å². The zero-order valence-corrected chi connectivity index (χ0v) is 22.3. The van der Waals surface area contributed by atoms with Crippen molar-refractivity contribution in [2.24, 2.45) is 5.41 Å². The molecule has 2 saturated heterocycles. The number of nitrogens with zero attached hydrogens (tertiary/aromatic N) is 2. The fourth-order valence-corrected chi connectivity index (χ4v) is 4.90. The van der Waals surface area contributed by atoms with Gasteiger partial charge in [0, 0.05) is 25.9 Å². The van der Waals surface area contributed by atoms with E-state index < -0.39 is 11.0 Å². The molecule has 0 unspecified atom stereocenters. The number of rotatable bonds is 7. The second-order valence-electron chi connectivity index (χ2n) is 11.7. The van der Waals surface area contributed by atoms with E-state index in [1.165, 1.54) is 0 Å². The Hall–Kier alpha value is -2.82. The maximum Gasteiger partial charge on any atom is 0.494 e. The standard InChI is InChI=1S/C29H37BN2O4/c1-26(2,21-31)20-29(23-10-8-7-9-11-23)17-19-32(25(33)34-29)18-16-22-12-14-24(15-13-22)30-35-27(3,4)28(5,6)36-30/h7-15H,16-20H2,1-6H3/t29-/m1/s1. The maximum atomic E-state index is 13.1. The highest BCUT2D eigenvalue weighted by Crippen LogP contribution is 2.43. The predicted octanol–water partition coefficient (Wildman–Crippen LogP) is 5.21. The lowest BCUT2D eigenvalue weighted by atomic mass is 9.75. The molecule has 0 N–H and O–H groups in total. The molecule has 2 fully saturated rings. The van der Waals surface area contributed by atoms with Crippen molar-refractivity contribution in [2.75, 3.05) is 13.1 Å². The topological polar surface area (TPSA) is 71.8 Å². The molecule has 36 heavy (non-hydrogen) atoms. The summed E-state index contributed by atoms with van der Waals surface area (Å²) in [4.78, 5) is 14.9. The van der Waals surface area contributed by atoms with Crippen LogP contribution in [-0.2, 0) is 26.1 Å². The third-order valence-electron chi connectivity index (χ3n) is 7.83. The lowest BCUT2D eigenvalue weighted by Crippen LogP contribution is -2.50. The molecule has 2 aromatic carbocycles. The number of ether oxygens (including phenoxy) is 1. The summed E-state index contributed by atoms with van der Waals surface area (Å²) in [7, 11) is -0.384. The normalized spacial score (nSPS) is 23.3. The van der Waals surface area contributed by atoms with Crippen molar-refractivity contribution >= 4 is 18.7 Å². The third-order valence-corrected chi connectivity index (χ3v) is 7.83. The Bertz CT molecular complexity index is 1110. The van der Waals surface area contributed by atoms with E-state index in [0.717, 1.165) is 23.0 Å². The average Bonchev–Trinajstić information content (AvgIpc) is 3.06. The SMILES string of the molecule is CC(C)(C#N)C[C@@]1(c2ccccc2)CCN(CCc2ccc(B3OC(C)(C)C(C)(C)O3)cc2)C(=O)O1. The van der Waals surface area contributed by atoms with Gasteiger partial charge in [0.1, 0.15) is 5.60 Å². The molecule has 4 rings (SSSR count). The van der Waals surface area contributed by atoms with Gasteiger partial charge in [0.25, 0.3) is 0 Å². The van der Waals surface area contributed by atoms with Crippen LogP contribution in [0.1, 0.15) is 65.5 Å². The molecule has 0 radical (unpaired) electrons. The summed E-state index contributed by atoms with van der Waals surface area (Å²) in [5.74, 6) is 0. The lowest BCUT2D eigenvalue weighted by Gasteiger charge is -2.43. The zero-order valence-electron chi connectivity index (χ0n) is 22.3. The molecule has 1 atom stereocenters. The Morgan fingerprint density at radius 3 is 2.17 bits per heavy atom. The summed E-state index contributed by atoms with van der Waals surface area (Å²) in [5, 5.41) is 9.64. The van der Waals surface area contributed by atoms with Crippen LogP contribution in [0.4, 0.5) is 4.79 Å². The van der Waals surface area contributed by atoms with Crippen molar-refractivity contribution in [3.05, 3.63) is 65.7 Å². The highest BCUT2D eigenvalue weighted by atomic mass is 16.7. The van der Waals surface area contributed by atoms with Crippen molar-refractivity contribution < 1.29 is 18.8 Å². The number of carbonyl (C=O) groups excluding carboxylic acids is 1. The molecule has 6 nitrogen and oxygen atoms in total. The van der Waals surface area contributed by atoms with Crippen molar-refractivity contribution in [3.8, 4) is 6.07 Å². The molecule has 0 aliphatic carbocycles. The van der Waals surface area contributed by atoms with E-state index in [2.05, 4.69) is 18.2 Å². The largest absolute Gasteiger partial charge is 0.494 e. The van der Waals surface area contributed by atoms with Gasteiger partial charge in [-0.3, -0.25) is 0 Å². The second-order valence-corrected chi connectivity index (χ2v) is 11.7. The van der Waals surface area contributed by atoms with E-state index in [4.69, 9.17) is 14.0 Å². The monoisotopic (exact) mass is 488 g/mol. The first-order valence-corrected chi connectivity index (χ1v) is 12.8. The molecule has 2 aliphatic heterocycles. The molecule has 190 valence electrons. The molecule has 0 saturated carbocycles. The van der Waals surface area contributed by atoms with Gasteiger partial charge in [-0.25, -0.2) is 4.79 Å². The number of benzene rings is 2. The molecule has 7 heteroatoms. The van der Waals surface area contributed by atoms with E-state index in [0.29, 0.717) is 25.9 Å². The molecule has 1 amide bonds. The number of amides is 1. The molecule has 0 aromatic heterocycles. The van der Waals surface area contributed by atoms with Crippen LogP contribution in [0.15, 0.2) is 54.6 Å². The highest BCUT2D eigenvalue weighted by Gasteiger charge is 2.51. The Balaban J connectivity index is 1.39. The lowest BCUT2D eigenvalue weighted by molar-refractivity contribution is -0.0701. The number of cyclic esters (lactones) is 1. The quantitative estimate of drug-likeness (QED) is 0.501. The fraction of sp³-hybridized carbons (Fsp3) is 0.517. The summed E-state index contributed by atoms with van der Waals surface area (Å²) < 4.78 is 18.4. The van der Waals surface area contributed by atoms with Crippen LogP contribution in [-0.4, -0.2) is 42.4 Å². The second kappa shape index (κ2) is 9.57. The molecule has 2 aromatic rings. The van der Waals surface area contributed by atoms with Gasteiger partial charge in [-0.15, -0.1) is 0 Å². The Kier molecular flexibility index (Phi) is 6.98. The van der Waals surface area contributed by atoms with Crippen LogP contribution in [0, 0.1) is 16.7 Å². The molecule has 0 spiro atoms. The van der Waals surface area contributed by atoms with Gasteiger partial charge in [0.2, 0.25) is 0 Å². The van der Waals surface area contributed by atoms with Gasteiger partial charge in [-0.2, -0.15) is 5.26 Å². The first kappa shape index (κ1) is 26.3. The van der Waals surface area contributed by atoms with Crippen LogP contribution in [0.3, 0.4) is 0 Å². The number of hydrogen-bond acceptors (Lipinski definition) is 5. The van der Waals surface area contributed by atoms with Crippen molar-refractivity contribution in [1.29, 1.82) is 5.26 Å².